The maximum Gasteiger partial charge on any atom is 0.322 e. The average Bonchev–Trinajstić information content (AvgIpc) is 2.29. The van der Waals surface area contributed by atoms with E-state index in [9.17, 15) is 9.18 Å². The quantitative estimate of drug-likeness (QED) is 0.769. The molecular weight excluding hydrogens is 197 g/mol. The van der Waals surface area contributed by atoms with Crippen molar-refractivity contribution >= 4 is 5.97 Å². The molecule has 2 N–H and O–H groups in total. The van der Waals surface area contributed by atoms with E-state index in [1.807, 2.05) is 0 Å². The van der Waals surface area contributed by atoms with Gasteiger partial charge in [-0.1, -0.05) is 30.3 Å². The van der Waals surface area contributed by atoms with Crippen molar-refractivity contribution in [2.24, 2.45) is 5.73 Å². The Hall–Kier alpha value is -1.42. The molecule has 0 saturated heterocycles. The molecule has 4 heteroatoms. The normalized spacial score (nSPS) is 14.3. The van der Waals surface area contributed by atoms with Gasteiger partial charge in [0.05, 0.1) is 7.11 Å². The number of carbonyl (C=O) groups is 1. The lowest BCUT2D eigenvalue weighted by Crippen LogP contribution is -2.32. The third-order valence-corrected chi connectivity index (χ3v) is 2.13. The molecule has 15 heavy (non-hydrogen) atoms. The second kappa shape index (κ2) is 5.46. The molecule has 3 nitrogen and oxygen atoms in total. The SMILES string of the molecule is COC(=O)C(N)CC(F)c1ccccc1. The second-order valence-electron chi connectivity index (χ2n) is 3.24. The lowest BCUT2D eigenvalue weighted by atomic mass is 10.0. The highest BCUT2D eigenvalue weighted by atomic mass is 19.1. The van der Waals surface area contributed by atoms with E-state index >= 15 is 0 Å². The van der Waals surface area contributed by atoms with Crippen molar-refractivity contribution in [2.75, 3.05) is 7.11 Å². The summed E-state index contributed by atoms with van der Waals surface area (Å²) in [6, 6.07) is 7.70. The summed E-state index contributed by atoms with van der Waals surface area (Å²) in [5, 5.41) is 0. The zero-order valence-electron chi connectivity index (χ0n) is 8.52. The first-order valence-electron chi connectivity index (χ1n) is 4.67. The Balaban J connectivity index is 2.56. The van der Waals surface area contributed by atoms with Gasteiger partial charge in [-0.25, -0.2) is 4.39 Å². The summed E-state index contributed by atoms with van der Waals surface area (Å²) in [7, 11) is 1.23. The van der Waals surface area contributed by atoms with Crippen LogP contribution in [-0.4, -0.2) is 19.1 Å². The summed E-state index contributed by atoms with van der Waals surface area (Å²) >= 11 is 0. The van der Waals surface area contributed by atoms with Crippen LogP contribution in [0, 0.1) is 0 Å². The smallest absolute Gasteiger partial charge is 0.322 e. The van der Waals surface area contributed by atoms with Crippen molar-refractivity contribution in [1.82, 2.24) is 0 Å². The molecule has 0 amide bonds. The zero-order chi connectivity index (χ0) is 11.3. The zero-order valence-corrected chi connectivity index (χ0v) is 8.52. The first-order chi connectivity index (χ1) is 7.15. The molecule has 0 heterocycles. The number of ether oxygens (including phenoxy) is 1. The Labute approximate surface area is 88.0 Å². The summed E-state index contributed by atoms with van der Waals surface area (Å²) in [6.45, 7) is 0. The molecule has 0 aliphatic heterocycles. The van der Waals surface area contributed by atoms with Crippen LogP contribution in [0.15, 0.2) is 30.3 Å². The number of carbonyl (C=O) groups excluding carboxylic acids is 1. The van der Waals surface area contributed by atoms with Crippen molar-refractivity contribution in [3.05, 3.63) is 35.9 Å². The average molecular weight is 211 g/mol. The molecular formula is C11H14FNO2. The lowest BCUT2D eigenvalue weighted by Gasteiger charge is -2.12. The van der Waals surface area contributed by atoms with Crippen LogP contribution in [0.2, 0.25) is 0 Å². The van der Waals surface area contributed by atoms with Gasteiger partial charge in [-0.3, -0.25) is 4.79 Å². The minimum Gasteiger partial charge on any atom is -0.468 e. The molecule has 1 aromatic rings. The van der Waals surface area contributed by atoms with Gasteiger partial charge in [-0.2, -0.15) is 0 Å². The van der Waals surface area contributed by atoms with Gasteiger partial charge in [0, 0.05) is 6.42 Å². The van der Waals surface area contributed by atoms with Gasteiger partial charge in [0.25, 0.3) is 0 Å². The van der Waals surface area contributed by atoms with Crippen molar-refractivity contribution in [3.8, 4) is 0 Å². The Morgan fingerprint density at radius 1 is 1.47 bits per heavy atom. The number of methoxy groups -OCH3 is 1. The lowest BCUT2D eigenvalue weighted by molar-refractivity contribution is -0.142. The van der Waals surface area contributed by atoms with E-state index in [2.05, 4.69) is 4.74 Å². The van der Waals surface area contributed by atoms with Gasteiger partial charge in [0.1, 0.15) is 12.2 Å². The van der Waals surface area contributed by atoms with E-state index < -0.39 is 18.2 Å². The van der Waals surface area contributed by atoms with Gasteiger partial charge < -0.3 is 10.5 Å². The highest BCUT2D eigenvalue weighted by Crippen LogP contribution is 2.21. The van der Waals surface area contributed by atoms with Gasteiger partial charge in [0.15, 0.2) is 0 Å². The van der Waals surface area contributed by atoms with E-state index in [1.165, 1.54) is 7.11 Å². The van der Waals surface area contributed by atoms with E-state index in [4.69, 9.17) is 5.73 Å². The maximum absolute atomic E-state index is 13.6. The van der Waals surface area contributed by atoms with Crippen LogP contribution < -0.4 is 5.73 Å². The first-order valence-corrected chi connectivity index (χ1v) is 4.67. The summed E-state index contributed by atoms with van der Waals surface area (Å²) < 4.78 is 18.0. The van der Waals surface area contributed by atoms with Crippen LogP contribution in [0.4, 0.5) is 4.39 Å². The fourth-order valence-corrected chi connectivity index (χ4v) is 1.27. The van der Waals surface area contributed by atoms with Gasteiger partial charge in [-0.15, -0.1) is 0 Å². The molecule has 2 atom stereocenters. The number of halogens is 1. The third kappa shape index (κ3) is 3.32. The third-order valence-electron chi connectivity index (χ3n) is 2.13. The molecule has 0 radical (unpaired) electrons. The van der Waals surface area contributed by atoms with E-state index in [0.29, 0.717) is 5.56 Å². The number of hydrogen-bond acceptors (Lipinski definition) is 3. The van der Waals surface area contributed by atoms with E-state index in [1.54, 1.807) is 30.3 Å². The number of alkyl halides is 1. The summed E-state index contributed by atoms with van der Waals surface area (Å²) in [5.74, 6) is -0.589. The Morgan fingerprint density at radius 2 is 2.07 bits per heavy atom. The Bertz CT molecular complexity index is 316. The summed E-state index contributed by atoms with van der Waals surface area (Å²) in [5.41, 5.74) is 5.98. The number of esters is 1. The molecule has 1 aromatic carbocycles. The molecule has 0 fully saturated rings. The number of nitrogens with two attached hydrogens (primary N) is 1. The van der Waals surface area contributed by atoms with Gasteiger partial charge in [-0.05, 0) is 5.56 Å². The van der Waals surface area contributed by atoms with Crippen molar-refractivity contribution in [1.29, 1.82) is 0 Å². The van der Waals surface area contributed by atoms with Gasteiger partial charge >= 0.3 is 5.97 Å². The monoisotopic (exact) mass is 211 g/mol. The fraction of sp³-hybridized carbons (Fsp3) is 0.364. The van der Waals surface area contributed by atoms with Crippen LogP contribution >= 0.6 is 0 Å². The van der Waals surface area contributed by atoms with Crippen LogP contribution in [0.25, 0.3) is 0 Å². The standard InChI is InChI=1S/C11H14FNO2/c1-15-11(14)10(13)7-9(12)8-5-3-2-4-6-8/h2-6,9-10H,7,13H2,1H3. The highest BCUT2D eigenvalue weighted by molar-refractivity contribution is 5.75. The van der Waals surface area contributed by atoms with Crippen molar-refractivity contribution in [3.63, 3.8) is 0 Å². The molecule has 82 valence electrons. The molecule has 2 unspecified atom stereocenters. The minimum atomic E-state index is -1.24. The molecule has 0 spiro atoms. The largest absolute Gasteiger partial charge is 0.468 e. The fourth-order valence-electron chi connectivity index (χ4n) is 1.27. The molecule has 0 aliphatic carbocycles. The van der Waals surface area contributed by atoms with Crippen molar-refractivity contribution < 1.29 is 13.9 Å². The topological polar surface area (TPSA) is 52.3 Å². The maximum atomic E-state index is 13.6. The van der Waals surface area contributed by atoms with Crippen molar-refractivity contribution in [2.45, 2.75) is 18.6 Å². The molecule has 1 rings (SSSR count). The summed E-state index contributed by atoms with van der Waals surface area (Å²) in [6.07, 6.45) is -1.29. The number of rotatable bonds is 4. The van der Waals surface area contributed by atoms with Crippen LogP contribution in [-0.2, 0) is 9.53 Å². The molecule has 0 bridgehead atoms. The van der Waals surface area contributed by atoms with Crippen LogP contribution in [0.1, 0.15) is 18.2 Å². The number of benzene rings is 1. The highest BCUT2D eigenvalue weighted by Gasteiger charge is 2.20. The Morgan fingerprint density at radius 3 is 2.60 bits per heavy atom. The van der Waals surface area contributed by atoms with Crippen LogP contribution in [0.5, 0.6) is 0 Å². The Kier molecular flexibility index (Phi) is 4.24. The summed E-state index contributed by atoms with van der Waals surface area (Å²) in [4.78, 5) is 11.0. The number of hydrogen-bond donors (Lipinski definition) is 1. The minimum absolute atomic E-state index is 0.0588. The molecule has 0 saturated carbocycles. The second-order valence-corrected chi connectivity index (χ2v) is 3.24. The first kappa shape index (κ1) is 11.7. The predicted molar refractivity (Wildman–Crippen MR) is 54.9 cm³/mol. The molecule has 0 aliphatic rings. The van der Waals surface area contributed by atoms with E-state index in [0.717, 1.165) is 0 Å². The predicted octanol–water partition coefficient (Wildman–Crippen LogP) is 1.59. The molecule has 0 aromatic heterocycles. The van der Waals surface area contributed by atoms with Crippen LogP contribution in [0.3, 0.4) is 0 Å². The van der Waals surface area contributed by atoms with E-state index in [-0.39, 0.29) is 6.42 Å². The van der Waals surface area contributed by atoms with Gasteiger partial charge in [0.2, 0.25) is 0 Å².